The Morgan fingerprint density at radius 2 is 2.12 bits per heavy atom. The topological polar surface area (TPSA) is 50.2 Å². The van der Waals surface area contributed by atoms with E-state index >= 15 is 0 Å². The lowest BCUT2D eigenvalue weighted by molar-refractivity contribution is -0.126. The van der Waals surface area contributed by atoms with Crippen LogP contribution in [0.5, 0.6) is 0 Å². The third kappa shape index (κ3) is 3.67. The van der Waals surface area contributed by atoms with Gasteiger partial charge in [0, 0.05) is 18.9 Å². The molecule has 3 rings (SSSR count). The van der Waals surface area contributed by atoms with Gasteiger partial charge in [0.05, 0.1) is 11.7 Å². The van der Waals surface area contributed by atoms with E-state index in [1.54, 1.807) is 6.20 Å². The minimum Gasteiger partial charge on any atom is -0.351 e. The number of imidazole rings is 1. The molecule has 1 aromatic heterocycles. The summed E-state index contributed by atoms with van der Waals surface area (Å²) in [5.41, 5.74) is 2.17. The summed E-state index contributed by atoms with van der Waals surface area (Å²) in [7, 11) is 2.05. The fourth-order valence-corrected chi connectivity index (χ4v) is 3.41. The Morgan fingerprint density at radius 1 is 1.29 bits per heavy atom. The summed E-state index contributed by atoms with van der Waals surface area (Å²) in [4.78, 5) is 19.1. The Bertz CT molecular complexity index is 694. The average molecular weight is 326 g/mol. The zero-order chi connectivity index (χ0) is 16.9. The third-order valence-electron chi connectivity index (χ3n) is 4.85. The maximum Gasteiger partial charge on any atom is 0.237 e. The van der Waals surface area contributed by atoms with Gasteiger partial charge in [-0.25, -0.2) is 4.98 Å². The van der Waals surface area contributed by atoms with Crippen LogP contribution < -0.4 is 5.32 Å². The summed E-state index contributed by atoms with van der Waals surface area (Å²) in [6.45, 7) is 3.52. The van der Waals surface area contributed by atoms with Crippen molar-refractivity contribution in [3.63, 3.8) is 0 Å². The van der Waals surface area contributed by atoms with Crippen molar-refractivity contribution in [2.45, 2.75) is 45.2 Å². The lowest BCUT2D eigenvalue weighted by Gasteiger charge is -2.24. The van der Waals surface area contributed by atoms with Gasteiger partial charge in [-0.15, -0.1) is 0 Å². The third-order valence-corrected chi connectivity index (χ3v) is 4.85. The van der Waals surface area contributed by atoms with Gasteiger partial charge < -0.3 is 9.88 Å². The number of likely N-dealkylation sites (tertiary alicyclic amines) is 1. The van der Waals surface area contributed by atoms with Crippen LogP contribution in [0, 0.1) is 6.92 Å². The summed E-state index contributed by atoms with van der Waals surface area (Å²) in [5, 5.41) is 3.13. The number of para-hydroxylation sites is 1. The minimum absolute atomic E-state index is 0.00496. The molecular formula is C19H26N4O. The fraction of sp³-hybridized carbons (Fsp3) is 0.474. The smallest absolute Gasteiger partial charge is 0.237 e. The summed E-state index contributed by atoms with van der Waals surface area (Å²) in [6.07, 6.45) is 8.23. The Labute approximate surface area is 143 Å². The predicted octanol–water partition coefficient (Wildman–Crippen LogP) is 2.67. The van der Waals surface area contributed by atoms with E-state index in [1.807, 2.05) is 25.3 Å². The molecule has 1 aliphatic heterocycles. The van der Waals surface area contributed by atoms with Gasteiger partial charge in [0.2, 0.25) is 5.91 Å². The molecule has 1 N–H and O–H groups in total. The van der Waals surface area contributed by atoms with Gasteiger partial charge in [-0.05, 0) is 45.0 Å². The molecule has 0 radical (unpaired) electrons. The molecule has 128 valence electrons. The summed E-state index contributed by atoms with van der Waals surface area (Å²) in [5.74, 6) is 1.08. The van der Waals surface area contributed by atoms with Crippen LogP contribution >= 0.6 is 0 Å². The number of amides is 1. The number of carbonyl (C=O) groups is 1. The van der Waals surface area contributed by atoms with E-state index in [4.69, 9.17) is 0 Å². The number of aryl methyl sites for hydroxylation is 1. The second-order valence-corrected chi connectivity index (χ2v) is 6.54. The Kier molecular flexibility index (Phi) is 5.30. The van der Waals surface area contributed by atoms with E-state index in [1.165, 1.54) is 12.8 Å². The molecule has 0 bridgehead atoms. The predicted molar refractivity (Wildman–Crippen MR) is 95.0 cm³/mol. The van der Waals surface area contributed by atoms with E-state index in [2.05, 4.69) is 38.9 Å². The van der Waals surface area contributed by atoms with Crippen LogP contribution in [0.4, 0.5) is 0 Å². The molecule has 1 aromatic carbocycles. The van der Waals surface area contributed by atoms with E-state index < -0.39 is 0 Å². The molecule has 2 heterocycles. The largest absolute Gasteiger partial charge is 0.351 e. The van der Waals surface area contributed by atoms with Gasteiger partial charge in [-0.1, -0.05) is 31.0 Å². The number of likely N-dealkylation sites (N-methyl/N-ethyl adjacent to an activating group) is 1. The molecule has 1 unspecified atom stereocenters. The molecular weight excluding hydrogens is 300 g/mol. The highest BCUT2D eigenvalue weighted by Crippen LogP contribution is 2.18. The molecule has 0 saturated carbocycles. The van der Waals surface area contributed by atoms with Gasteiger partial charge in [0.1, 0.15) is 5.82 Å². The number of nitrogens with zero attached hydrogens (tertiary/aromatic N) is 3. The molecule has 1 saturated heterocycles. The number of aromatic nitrogens is 2. The molecule has 1 fully saturated rings. The Hall–Kier alpha value is -2.14. The lowest BCUT2D eigenvalue weighted by Crippen LogP contribution is -2.44. The van der Waals surface area contributed by atoms with Crippen molar-refractivity contribution in [1.29, 1.82) is 0 Å². The second-order valence-electron chi connectivity index (χ2n) is 6.54. The highest BCUT2D eigenvalue weighted by Gasteiger charge is 2.24. The number of rotatable bonds is 4. The van der Waals surface area contributed by atoms with Crippen LogP contribution in [0.15, 0.2) is 36.7 Å². The quantitative estimate of drug-likeness (QED) is 0.940. The first kappa shape index (κ1) is 16.7. The van der Waals surface area contributed by atoms with E-state index in [-0.39, 0.29) is 11.9 Å². The number of benzene rings is 1. The SMILES string of the molecule is Cc1nccn1-c1ccccc1CNC(=O)C1CCCCCN1C. The molecule has 1 aliphatic rings. The number of hydrogen-bond acceptors (Lipinski definition) is 3. The number of nitrogens with one attached hydrogen (secondary N) is 1. The van der Waals surface area contributed by atoms with Crippen molar-refractivity contribution in [2.24, 2.45) is 0 Å². The molecule has 1 atom stereocenters. The average Bonchev–Trinajstić information content (AvgIpc) is 2.89. The normalized spacial score (nSPS) is 19.0. The first-order valence-electron chi connectivity index (χ1n) is 8.73. The lowest BCUT2D eigenvalue weighted by atomic mass is 10.1. The number of carbonyl (C=O) groups excluding carboxylic acids is 1. The maximum absolute atomic E-state index is 12.6. The van der Waals surface area contributed by atoms with E-state index in [9.17, 15) is 4.79 Å². The maximum atomic E-state index is 12.6. The van der Waals surface area contributed by atoms with Gasteiger partial charge in [0.25, 0.3) is 0 Å². The van der Waals surface area contributed by atoms with Crippen LogP contribution in [0.3, 0.4) is 0 Å². The minimum atomic E-state index is -0.00496. The molecule has 0 spiro atoms. The molecule has 5 heteroatoms. The van der Waals surface area contributed by atoms with Crippen molar-refractivity contribution in [3.8, 4) is 5.69 Å². The molecule has 1 amide bonds. The number of hydrogen-bond donors (Lipinski definition) is 1. The van der Waals surface area contributed by atoms with Crippen LogP contribution in [-0.2, 0) is 11.3 Å². The van der Waals surface area contributed by atoms with Crippen molar-refractivity contribution >= 4 is 5.91 Å². The van der Waals surface area contributed by atoms with Crippen LogP contribution in [0.25, 0.3) is 5.69 Å². The van der Waals surface area contributed by atoms with Gasteiger partial charge in [-0.3, -0.25) is 9.69 Å². The van der Waals surface area contributed by atoms with Crippen LogP contribution in [-0.4, -0.2) is 40.0 Å². The van der Waals surface area contributed by atoms with Gasteiger partial charge in [-0.2, -0.15) is 0 Å². The zero-order valence-corrected chi connectivity index (χ0v) is 14.5. The van der Waals surface area contributed by atoms with E-state index in [0.717, 1.165) is 36.5 Å². The monoisotopic (exact) mass is 326 g/mol. The Balaban J connectivity index is 1.71. The summed E-state index contributed by atoms with van der Waals surface area (Å²) < 4.78 is 2.05. The highest BCUT2D eigenvalue weighted by atomic mass is 16.2. The zero-order valence-electron chi connectivity index (χ0n) is 14.5. The van der Waals surface area contributed by atoms with Crippen molar-refractivity contribution in [1.82, 2.24) is 19.8 Å². The van der Waals surface area contributed by atoms with Crippen molar-refractivity contribution in [3.05, 3.63) is 48.0 Å². The van der Waals surface area contributed by atoms with Gasteiger partial charge >= 0.3 is 0 Å². The first-order valence-corrected chi connectivity index (χ1v) is 8.73. The summed E-state index contributed by atoms with van der Waals surface area (Å²) in [6, 6.07) is 8.14. The molecule has 0 aliphatic carbocycles. The molecule has 2 aromatic rings. The summed E-state index contributed by atoms with van der Waals surface area (Å²) >= 11 is 0. The Morgan fingerprint density at radius 3 is 2.92 bits per heavy atom. The standard InChI is InChI=1S/C19H26N4O/c1-15-20-11-13-23(15)17-9-6-5-8-16(17)14-21-19(24)18-10-4-3-7-12-22(18)2/h5-6,8-9,11,13,18H,3-4,7,10,12,14H2,1-2H3,(H,21,24). The molecule has 24 heavy (non-hydrogen) atoms. The van der Waals surface area contributed by atoms with Gasteiger partial charge in [0.15, 0.2) is 0 Å². The second kappa shape index (κ2) is 7.62. The van der Waals surface area contributed by atoms with Crippen LogP contribution in [0.1, 0.15) is 37.1 Å². The molecule has 5 nitrogen and oxygen atoms in total. The van der Waals surface area contributed by atoms with E-state index in [0.29, 0.717) is 6.54 Å². The van der Waals surface area contributed by atoms with Crippen molar-refractivity contribution in [2.75, 3.05) is 13.6 Å². The fourth-order valence-electron chi connectivity index (χ4n) is 3.41. The van der Waals surface area contributed by atoms with Crippen LogP contribution in [0.2, 0.25) is 0 Å². The first-order chi connectivity index (χ1) is 11.7. The van der Waals surface area contributed by atoms with Crippen molar-refractivity contribution < 1.29 is 4.79 Å². The highest BCUT2D eigenvalue weighted by molar-refractivity contribution is 5.81.